The van der Waals surface area contributed by atoms with Crippen molar-refractivity contribution in [2.24, 2.45) is 0 Å². The zero-order valence-corrected chi connectivity index (χ0v) is 14.1. The molecule has 0 unspecified atom stereocenters. The molecule has 3 amide bonds. The number of ether oxygens (including phenoxy) is 1. The van der Waals surface area contributed by atoms with Gasteiger partial charge in [-0.05, 0) is 18.6 Å². The summed E-state index contributed by atoms with van der Waals surface area (Å²) in [6.45, 7) is 1.58. The number of hydrogen-bond acceptors (Lipinski definition) is 6. The number of urea groups is 1. The minimum atomic E-state index is -3.58. The zero-order valence-electron chi connectivity index (χ0n) is 13.3. The molecule has 0 bridgehead atoms. The number of esters is 1. The number of nitrogens with one attached hydrogen (secondary N) is 3. The van der Waals surface area contributed by atoms with E-state index in [0.29, 0.717) is 13.0 Å². The minimum absolute atomic E-state index is 0.0334. The molecule has 0 aliphatic heterocycles. The fraction of sp³-hybridized carbons (Fsp3) is 0.357. The highest BCUT2D eigenvalue weighted by molar-refractivity contribution is 7.92. The molecule has 3 N–H and O–H groups in total. The summed E-state index contributed by atoms with van der Waals surface area (Å²) in [5, 5.41) is 4.43. The predicted octanol–water partition coefficient (Wildman–Crippen LogP) is 0.451. The Morgan fingerprint density at radius 3 is 2.46 bits per heavy atom. The number of rotatable bonds is 7. The number of carbonyl (C=O) groups excluding carboxylic acids is 3. The van der Waals surface area contributed by atoms with Gasteiger partial charge < -0.3 is 10.1 Å². The van der Waals surface area contributed by atoms with Crippen LogP contribution in [0, 0.1) is 0 Å². The normalized spacial score (nSPS) is 10.6. The van der Waals surface area contributed by atoms with Crippen molar-refractivity contribution in [2.45, 2.75) is 13.3 Å². The molecule has 132 valence electrons. The maximum Gasteiger partial charge on any atom is 0.340 e. The Labute approximate surface area is 139 Å². The van der Waals surface area contributed by atoms with Gasteiger partial charge in [0.25, 0.3) is 5.91 Å². The third kappa shape index (κ3) is 7.09. The van der Waals surface area contributed by atoms with Crippen LogP contribution in [0.3, 0.4) is 0 Å². The average Bonchev–Trinajstić information content (AvgIpc) is 2.49. The molecule has 0 saturated heterocycles. The number of hydrogen-bond donors (Lipinski definition) is 3. The monoisotopic (exact) mass is 357 g/mol. The highest BCUT2D eigenvalue weighted by Crippen LogP contribution is 2.17. The molecule has 1 rings (SSSR count). The number of benzene rings is 1. The van der Waals surface area contributed by atoms with E-state index in [1.54, 1.807) is 0 Å². The van der Waals surface area contributed by atoms with E-state index in [9.17, 15) is 22.8 Å². The molecule has 10 heteroatoms. The molecule has 1 aromatic rings. The van der Waals surface area contributed by atoms with Crippen LogP contribution in [0.15, 0.2) is 24.3 Å². The largest absolute Gasteiger partial charge is 0.452 e. The van der Waals surface area contributed by atoms with Crippen LogP contribution in [0.4, 0.5) is 10.5 Å². The van der Waals surface area contributed by atoms with Gasteiger partial charge in [0.15, 0.2) is 6.61 Å². The summed E-state index contributed by atoms with van der Waals surface area (Å²) in [7, 11) is -3.58. The lowest BCUT2D eigenvalue weighted by atomic mass is 10.2. The van der Waals surface area contributed by atoms with Crippen LogP contribution in [0.25, 0.3) is 0 Å². The molecule has 0 spiro atoms. The summed E-state index contributed by atoms with van der Waals surface area (Å²) < 4.78 is 29.5. The van der Waals surface area contributed by atoms with Gasteiger partial charge in [-0.25, -0.2) is 18.0 Å². The van der Waals surface area contributed by atoms with E-state index in [-0.39, 0.29) is 11.3 Å². The summed E-state index contributed by atoms with van der Waals surface area (Å²) in [5.41, 5.74) is -0.0164. The second-order valence-electron chi connectivity index (χ2n) is 4.80. The predicted molar refractivity (Wildman–Crippen MR) is 87.0 cm³/mol. The van der Waals surface area contributed by atoms with Gasteiger partial charge >= 0.3 is 12.0 Å². The lowest BCUT2D eigenvalue weighted by molar-refractivity contribution is -0.123. The zero-order chi connectivity index (χ0) is 18.2. The van der Waals surface area contributed by atoms with Crippen LogP contribution in [-0.2, 0) is 19.6 Å². The molecule has 0 heterocycles. The van der Waals surface area contributed by atoms with Gasteiger partial charge in [-0.3, -0.25) is 14.8 Å². The van der Waals surface area contributed by atoms with Crippen molar-refractivity contribution in [3.63, 3.8) is 0 Å². The molecule has 1 aromatic carbocycles. The highest BCUT2D eigenvalue weighted by Gasteiger charge is 2.17. The fourth-order valence-corrected chi connectivity index (χ4v) is 2.18. The Balaban J connectivity index is 2.63. The van der Waals surface area contributed by atoms with Gasteiger partial charge in [0.1, 0.15) is 0 Å². The number of anilines is 1. The Bertz CT molecular complexity index is 717. The molecule has 0 saturated carbocycles. The summed E-state index contributed by atoms with van der Waals surface area (Å²) in [6, 6.07) is 5.10. The molecule has 24 heavy (non-hydrogen) atoms. The smallest absolute Gasteiger partial charge is 0.340 e. The van der Waals surface area contributed by atoms with Crippen molar-refractivity contribution in [1.82, 2.24) is 10.6 Å². The molecule has 0 atom stereocenters. The summed E-state index contributed by atoms with van der Waals surface area (Å²) in [4.78, 5) is 34.8. The van der Waals surface area contributed by atoms with Crippen molar-refractivity contribution >= 4 is 33.6 Å². The van der Waals surface area contributed by atoms with Crippen LogP contribution in [0.2, 0.25) is 0 Å². The second kappa shape index (κ2) is 8.87. The first kappa shape index (κ1) is 19.4. The van der Waals surface area contributed by atoms with E-state index in [4.69, 9.17) is 4.74 Å². The first-order chi connectivity index (χ1) is 11.2. The maximum atomic E-state index is 12.0. The number of carbonyl (C=O) groups is 3. The Hall–Kier alpha value is -2.62. The third-order valence-electron chi connectivity index (χ3n) is 2.57. The SMILES string of the molecule is CCCNC(=O)NC(=O)COC(=O)c1ccccc1NS(C)(=O)=O. The van der Waals surface area contributed by atoms with Gasteiger partial charge in [0, 0.05) is 6.54 Å². The van der Waals surface area contributed by atoms with E-state index in [1.807, 2.05) is 12.2 Å². The van der Waals surface area contributed by atoms with Crippen molar-refractivity contribution in [1.29, 1.82) is 0 Å². The Morgan fingerprint density at radius 2 is 1.83 bits per heavy atom. The Morgan fingerprint density at radius 1 is 1.17 bits per heavy atom. The van der Waals surface area contributed by atoms with Crippen LogP contribution in [0.1, 0.15) is 23.7 Å². The van der Waals surface area contributed by atoms with Gasteiger partial charge in [-0.15, -0.1) is 0 Å². The van der Waals surface area contributed by atoms with Crippen molar-refractivity contribution < 1.29 is 27.5 Å². The van der Waals surface area contributed by atoms with E-state index >= 15 is 0 Å². The average molecular weight is 357 g/mol. The van der Waals surface area contributed by atoms with Gasteiger partial charge in [0.2, 0.25) is 10.0 Å². The van der Waals surface area contributed by atoms with E-state index < -0.39 is 34.5 Å². The van der Waals surface area contributed by atoms with Crippen LogP contribution in [-0.4, -0.2) is 45.7 Å². The summed E-state index contributed by atoms with van der Waals surface area (Å²) in [5.74, 6) is -1.70. The molecule has 0 aliphatic carbocycles. The van der Waals surface area contributed by atoms with E-state index in [1.165, 1.54) is 24.3 Å². The van der Waals surface area contributed by atoms with Gasteiger partial charge in [-0.2, -0.15) is 0 Å². The lowest BCUT2D eigenvalue weighted by Gasteiger charge is -2.10. The molecule has 9 nitrogen and oxygen atoms in total. The molecule has 0 fully saturated rings. The quantitative estimate of drug-likeness (QED) is 0.607. The number of sulfonamides is 1. The molecular weight excluding hydrogens is 338 g/mol. The summed E-state index contributed by atoms with van der Waals surface area (Å²) in [6.07, 6.45) is 1.65. The topological polar surface area (TPSA) is 131 Å². The maximum absolute atomic E-state index is 12.0. The standard InChI is InChI=1S/C14H19N3O6S/c1-3-8-15-14(20)16-12(18)9-23-13(19)10-6-4-5-7-11(10)17-24(2,21)22/h4-7,17H,3,8-9H2,1-2H3,(H2,15,16,18,20). The van der Waals surface area contributed by atoms with Crippen molar-refractivity contribution in [3.8, 4) is 0 Å². The highest BCUT2D eigenvalue weighted by atomic mass is 32.2. The number of amides is 3. The third-order valence-corrected chi connectivity index (χ3v) is 3.16. The van der Waals surface area contributed by atoms with Crippen molar-refractivity contribution in [3.05, 3.63) is 29.8 Å². The minimum Gasteiger partial charge on any atom is -0.452 e. The lowest BCUT2D eigenvalue weighted by Crippen LogP contribution is -2.41. The molecule has 0 radical (unpaired) electrons. The van der Waals surface area contributed by atoms with Crippen LogP contribution >= 0.6 is 0 Å². The second-order valence-corrected chi connectivity index (χ2v) is 6.55. The van der Waals surface area contributed by atoms with E-state index in [0.717, 1.165) is 6.26 Å². The molecule has 0 aromatic heterocycles. The number of para-hydroxylation sites is 1. The van der Waals surface area contributed by atoms with Gasteiger partial charge in [0.05, 0.1) is 17.5 Å². The number of imide groups is 1. The fourth-order valence-electron chi connectivity index (χ4n) is 1.60. The van der Waals surface area contributed by atoms with Crippen LogP contribution in [0.5, 0.6) is 0 Å². The first-order valence-corrected chi connectivity index (χ1v) is 8.93. The molecular formula is C14H19N3O6S. The molecule has 0 aliphatic rings. The van der Waals surface area contributed by atoms with Gasteiger partial charge in [-0.1, -0.05) is 19.1 Å². The van der Waals surface area contributed by atoms with Crippen molar-refractivity contribution in [2.75, 3.05) is 24.1 Å². The van der Waals surface area contributed by atoms with E-state index in [2.05, 4.69) is 10.0 Å². The first-order valence-electron chi connectivity index (χ1n) is 7.04. The Kier molecular flexibility index (Phi) is 7.18. The summed E-state index contributed by atoms with van der Waals surface area (Å²) >= 11 is 0. The van der Waals surface area contributed by atoms with Crippen LogP contribution < -0.4 is 15.4 Å².